The summed E-state index contributed by atoms with van der Waals surface area (Å²) in [6.45, 7) is 10.1. The molecule has 0 unspecified atom stereocenters. The molecule has 0 N–H and O–H groups in total. The van der Waals surface area contributed by atoms with Crippen molar-refractivity contribution in [1.82, 2.24) is 0 Å². The molecule has 1 aliphatic heterocycles. The zero-order valence-electron chi connectivity index (χ0n) is 9.14. The highest BCUT2D eigenvalue weighted by Gasteiger charge is 2.24. The summed E-state index contributed by atoms with van der Waals surface area (Å²) in [5.74, 6) is 0. The van der Waals surface area contributed by atoms with Gasteiger partial charge in [-0.25, -0.2) is 0 Å². The molecule has 0 atom stereocenters. The maximum absolute atomic E-state index is 2.35. The van der Waals surface area contributed by atoms with Gasteiger partial charge in [-0.1, -0.05) is 19.9 Å². The number of rotatable bonds is 2. The Hall–Kier alpha value is -0.300. The highest BCUT2D eigenvalue weighted by Crippen LogP contribution is 2.15. The van der Waals surface area contributed by atoms with Gasteiger partial charge in [0.15, 0.2) is 0 Å². The van der Waals surface area contributed by atoms with E-state index in [2.05, 4.69) is 26.1 Å². The van der Waals surface area contributed by atoms with E-state index in [0.717, 1.165) is 0 Å². The lowest BCUT2D eigenvalue weighted by Crippen LogP contribution is -2.40. The number of quaternary nitrogens is 1. The molecule has 0 aromatic heterocycles. The maximum atomic E-state index is 2.35. The Kier molecular flexibility index (Phi) is 6.09. The minimum absolute atomic E-state index is 1.23. The van der Waals surface area contributed by atoms with Crippen molar-refractivity contribution in [3.05, 3.63) is 12.2 Å². The molecular formula is C11H24N+. The largest absolute Gasteiger partial charge is 0.323 e. The number of hydrogen-bond donors (Lipinski definition) is 0. The van der Waals surface area contributed by atoms with Gasteiger partial charge in [0.2, 0.25) is 0 Å². The van der Waals surface area contributed by atoms with Gasteiger partial charge in [0.1, 0.15) is 0 Å². The maximum Gasteiger partial charge on any atom is 0.0971 e. The Balaban J connectivity index is 0.000000561. The van der Waals surface area contributed by atoms with Gasteiger partial charge in [-0.3, -0.25) is 0 Å². The van der Waals surface area contributed by atoms with Crippen LogP contribution in [-0.2, 0) is 0 Å². The van der Waals surface area contributed by atoms with Gasteiger partial charge in [-0.2, -0.15) is 0 Å². The minimum atomic E-state index is 1.23. The van der Waals surface area contributed by atoms with Crippen molar-refractivity contribution in [1.29, 1.82) is 0 Å². The van der Waals surface area contributed by atoms with Crippen LogP contribution in [0, 0.1) is 0 Å². The molecule has 0 spiro atoms. The fraction of sp³-hybridized carbons (Fsp3) is 0.818. The van der Waals surface area contributed by atoms with E-state index in [1.807, 2.05) is 13.8 Å². The molecule has 0 aliphatic carbocycles. The van der Waals surface area contributed by atoms with E-state index in [1.165, 1.54) is 37.0 Å². The minimum Gasteiger partial charge on any atom is -0.323 e. The average Bonchev–Trinajstić information content (AvgIpc) is 2.53. The first-order valence-corrected chi connectivity index (χ1v) is 5.21. The molecule has 1 fully saturated rings. The van der Waals surface area contributed by atoms with Gasteiger partial charge in [-0.05, 0) is 13.0 Å². The lowest BCUT2D eigenvalue weighted by molar-refractivity contribution is -0.891. The van der Waals surface area contributed by atoms with Crippen LogP contribution in [-0.4, -0.2) is 31.2 Å². The van der Waals surface area contributed by atoms with Gasteiger partial charge >= 0.3 is 0 Å². The summed E-state index contributed by atoms with van der Waals surface area (Å²) in [6, 6.07) is 0. The number of likely N-dealkylation sites (tertiary alicyclic amines) is 1. The van der Waals surface area contributed by atoms with E-state index in [-0.39, 0.29) is 0 Å². The van der Waals surface area contributed by atoms with Gasteiger partial charge in [0.05, 0.1) is 26.7 Å². The molecule has 1 aliphatic rings. The van der Waals surface area contributed by atoms with E-state index in [4.69, 9.17) is 0 Å². The predicted octanol–water partition coefficient (Wildman–Crippen LogP) is 2.83. The third-order valence-corrected chi connectivity index (χ3v) is 2.43. The SMILES string of the molecule is C/C=C/C[N+]1(C)CCCC1.CC. The fourth-order valence-corrected chi connectivity index (χ4v) is 1.64. The molecule has 12 heavy (non-hydrogen) atoms. The summed E-state index contributed by atoms with van der Waals surface area (Å²) in [5, 5.41) is 0. The highest BCUT2D eigenvalue weighted by molar-refractivity contribution is 4.77. The zero-order valence-corrected chi connectivity index (χ0v) is 9.14. The molecule has 1 rings (SSSR count). The zero-order chi connectivity index (χ0) is 9.45. The van der Waals surface area contributed by atoms with Crippen LogP contribution < -0.4 is 0 Å². The molecule has 0 radical (unpaired) electrons. The second-order valence-electron chi connectivity index (χ2n) is 3.53. The Morgan fingerprint density at radius 3 is 2.08 bits per heavy atom. The molecule has 0 aromatic carbocycles. The van der Waals surface area contributed by atoms with E-state index < -0.39 is 0 Å². The summed E-state index contributed by atoms with van der Waals surface area (Å²) in [6.07, 6.45) is 7.29. The van der Waals surface area contributed by atoms with Crippen LogP contribution in [0.25, 0.3) is 0 Å². The topological polar surface area (TPSA) is 0 Å². The third kappa shape index (κ3) is 3.91. The second kappa shape index (κ2) is 6.24. The Labute approximate surface area is 77.7 Å². The normalized spacial score (nSPS) is 20.7. The molecule has 1 saturated heterocycles. The number of allylic oxidation sites excluding steroid dienone is 1. The van der Waals surface area contributed by atoms with Gasteiger partial charge in [-0.15, -0.1) is 0 Å². The fourth-order valence-electron chi connectivity index (χ4n) is 1.64. The first-order chi connectivity index (χ1) is 5.77. The average molecular weight is 170 g/mol. The summed E-state index contributed by atoms with van der Waals surface area (Å²) >= 11 is 0. The first kappa shape index (κ1) is 11.7. The predicted molar refractivity (Wildman–Crippen MR) is 56.2 cm³/mol. The van der Waals surface area contributed by atoms with Crippen molar-refractivity contribution in [3.63, 3.8) is 0 Å². The molecule has 1 heterocycles. The second-order valence-corrected chi connectivity index (χ2v) is 3.53. The summed E-state index contributed by atoms with van der Waals surface area (Å²) in [5.41, 5.74) is 0. The monoisotopic (exact) mass is 170 g/mol. The Morgan fingerprint density at radius 2 is 1.67 bits per heavy atom. The van der Waals surface area contributed by atoms with E-state index >= 15 is 0 Å². The van der Waals surface area contributed by atoms with Crippen LogP contribution in [0.2, 0.25) is 0 Å². The number of nitrogens with zero attached hydrogens (tertiary/aromatic N) is 1. The lowest BCUT2D eigenvalue weighted by atomic mass is 10.4. The molecule has 1 nitrogen and oxygen atoms in total. The summed E-state index contributed by atoms with van der Waals surface area (Å²) < 4.78 is 1.27. The number of hydrogen-bond acceptors (Lipinski definition) is 0. The van der Waals surface area contributed by atoms with Crippen molar-refractivity contribution in [2.45, 2.75) is 33.6 Å². The summed E-state index contributed by atoms with van der Waals surface area (Å²) in [7, 11) is 2.35. The van der Waals surface area contributed by atoms with E-state index in [1.54, 1.807) is 0 Å². The molecule has 72 valence electrons. The summed E-state index contributed by atoms with van der Waals surface area (Å²) in [4.78, 5) is 0. The van der Waals surface area contributed by atoms with Crippen molar-refractivity contribution >= 4 is 0 Å². The van der Waals surface area contributed by atoms with E-state index in [0.29, 0.717) is 0 Å². The van der Waals surface area contributed by atoms with Crippen LogP contribution in [0.4, 0.5) is 0 Å². The van der Waals surface area contributed by atoms with Crippen LogP contribution in [0.3, 0.4) is 0 Å². The molecule has 0 saturated carbocycles. The Bertz CT molecular complexity index is 121. The molecule has 0 amide bonds. The smallest absolute Gasteiger partial charge is 0.0971 e. The van der Waals surface area contributed by atoms with Crippen molar-refractivity contribution < 1.29 is 4.48 Å². The van der Waals surface area contributed by atoms with Crippen LogP contribution >= 0.6 is 0 Å². The van der Waals surface area contributed by atoms with Crippen LogP contribution in [0.5, 0.6) is 0 Å². The van der Waals surface area contributed by atoms with Crippen LogP contribution in [0.15, 0.2) is 12.2 Å². The van der Waals surface area contributed by atoms with Crippen LogP contribution in [0.1, 0.15) is 33.6 Å². The standard InChI is InChI=1S/C9H18N.C2H6/c1-3-4-7-10(2)8-5-6-9-10;1-2/h3-4H,5-9H2,1-2H3;1-2H3/q+1;/b4-3+;. The molecule has 0 bridgehead atoms. The van der Waals surface area contributed by atoms with Crippen molar-refractivity contribution in [3.8, 4) is 0 Å². The van der Waals surface area contributed by atoms with Gasteiger partial charge < -0.3 is 4.48 Å². The molecule has 1 heteroatoms. The molecule has 0 aromatic rings. The number of likely N-dealkylation sites (N-methyl/N-ethyl adjacent to an activating group) is 1. The van der Waals surface area contributed by atoms with E-state index in [9.17, 15) is 0 Å². The highest BCUT2D eigenvalue weighted by atomic mass is 15.3. The first-order valence-electron chi connectivity index (χ1n) is 5.21. The quantitative estimate of drug-likeness (QED) is 0.441. The third-order valence-electron chi connectivity index (χ3n) is 2.43. The van der Waals surface area contributed by atoms with Gasteiger partial charge in [0.25, 0.3) is 0 Å². The van der Waals surface area contributed by atoms with Crippen molar-refractivity contribution in [2.75, 3.05) is 26.7 Å². The Morgan fingerprint density at radius 1 is 1.17 bits per heavy atom. The molecular weight excluding hydrogens is 146 g/mol. The van der Waals surface area contributed by atoms with Crippen molar-refractivity contribution in [2.24, 2.45) is 0 Å². The lowest BCUT2D eigenvalue weighted by Gasteiger charge is -2.27. The van der Waals surface area contributed by atoms with Gasteiger partial charge in [0, 0.05) is 12.8 Å².